The van der Waals surface area contributed by atoms with Crippen LogP contribution in [0.1, 0.15) is 22.8 Å². The predicted octanol–water partition coefficient (Wildman–Crippen LogP) is 4.18. The first-order chi connectivity index (χ1) is 20.9. The van der Waals surface area contributed by atoms with Gasteiger partial charge in [0.25, 0.3) is 0 Å². The number of hydrogen-bond donors (Lipinski definition) is 3. The van der Waals surface area contributed by atoms with Crippen molar-refractivity contribution in [2.75, 3.05) is 0 Å². The van der Waals surface area contributed by atoms with Crippen LogP contribution in [-0.2, 0) is 20.6 Å². The third-order valence-corrected chi connectivity index (χ3v) is 8.78. The first-order valence-electron chi connectivity index (χ1n) is 13.1. The Hall–Kier alpha value is -5.52. The van der Waals surface area contributed by atoms with Gasteiger partial charge in [-0.3, -0.25) is 0 Å². The Labute approximate surface area is 248 Å². The second kappa shape index (κ2) is 10.4. The first kappa shape index (κ1) is 26.4. The molecule has 5 heterocycles. The number of allylic oxidation sites excluding steroid dienone is 4. The molecule has 3 aliphatic rings. The van der Waals surface area contributed by atoms with E-state index in [1.165, 1.54) is 0 Å². The molecule has 0 unspecified atom stereocenters. The number of rotatable bonds is 2. The summed E-state index contributed by atoms with van der Waals surface area (Å²) in [7, 11) is -5.33. The molecule has 2 aromatic carbocycles. The van der Waals surface area contributed by atoms with E-state index in [-0.39, 0.29) is 26.8 Å². The van der Waals surface area contributed by atoms with Crippen LogP contribution in [0.2, 0.25) is 0 Å². The summed E-state index contributed by atoms with van der Waals surface area (Å²) in [6.45, 7) is 0. The first-order valence-corrected chi connectivity index (χ1v) is 15.3. The number of aromatic nitrogens is 2. The maximum atomic E-state index is 13.0. The molecule has 11 heteroatoms. The minimum absolute atomic E-state index is 0.0141. The Morgan fingerprint density at radius 3 is 1.88 bits per heavy atom. The number of H-pyrrole nitrogens is 2. The van der Waals surface area contributed by atoms with E-state index in [0.717, 1.165) is 16.7 Å². The fraction of sp³-hybridized carbons (Fsp3) is 0. The molecule has 43 heavy (non-hydrogen) atoms. The molecule has 9 nitrogen and oxygen atoms in total. The average molecular weight is 604 g/mol. The van der Waals surface area contributed by atoms with Gasteiger partial charge in [-0.15, -0.1) is 0 Å². The Bertz CT molecular complexity index is 2310. The van der Waals surface area contributed by atoms with Crippen LogP contribution in [0.3, 0.4) is 0 Å². The van der Waals surface area contributed by atoms with E-state index >= 15 is 0 Å². The summed E-state index contributed by atoms with van der Waals surface area (Å²) in [5, 5.41) is 0. The highest BCUT2D eigenvalue weighted by Crippen LogP contribution is 2.40. The van der Waals surface area contributed by atoms with Gasteiger partial charge in [0, 0.05) is 16.8 Å². The van der Waals surface area contributed by atoms with Crippen LogP contribution in [0.25, 0.3) is 34.0 Å². The largest absolute Gasteiger partial charge is 0.395 e. The molecule has 0 atom stereocenters. The molecule has 4 N–H and O–H groups in total. The molecule has 0 spiro atoms. The quantitative estimate of drug-likeness (QED) is 0.294. The zero-order chi connectivity index (χ0) is 29.7. The summed E-state index contributed by atoms with van der Waals surface area (Å²) >= 11 is 0. The van der Waals surface area contributed by atoms with E-state index in [1.54, 1.807) is 42.5 Å². The summed E-state index contributed by atoms with van der Waals surface area (Å²) in [6.07, 6.45) is 8.35. The van der Waals surface area contributed by atoms with Crippen molar-refractivity contribution in [3.63, 3.8) is 0 Å². The Balaban J connectivity index is 1.62. The van der Waals surface area contributed by atoms with Gasteiger partial charge in [-0.25, -0.2) is 9.98 Å². The van der Waals surface area contributed by atoms with Crippen molar-refractivity contribution in [3.8, 4) is 22.3 Å². The molecule has 210 valence electrons. The molecular weight excluding hydrogens is 583 g/mol. The van der Waals surface area contributed by atoms with E-state index in [4.69, 9.17) is 5.73 Å². The van der Waals surface area contributed by atoms with E-state index in [1.807, 2.05) is 60.7 Å². The third-order valence-electron chi connectivity index (χ3n) is 7.27. The number of benzene rings is 2. The van der Waals surface area contributed by atoms with Crippen molar-refractivity contribution in [2.24, 2.45) is 15.7 Å². The number of nitrogens with one attached hydrogen (secondary N) is 2. The SMILES string of the molecule is NC1=C2C=CC(=N2)C(=S(=O)=O)c2[nH]c(c(-c3ccccc3)c2-c2ccccc2)C=C2C=CC(=N2)C(=S(=O)=O)c2ccc1[nH]2. The van der Waals surface area contributed by atoms with E-state index in [0.29, 0.717) is 39.7 Å². The Morgan fingerprint density at radius 2 is 1.21 bits per heavy atom. The average Bonchev–Trinajstić information content (AvgIpc) is 3.81. The predicted molar refractivity (Wildman–Crippen MR) is 171 cm³/mol. The number of fused-ring (bicyclic) bond motifs is 6. The molecule has 2 aromatic heterocycles. The molecule has 0 fully saturated rings. The summed E-state index contributed by atoms with van der Waals surface area (Å²) in [6, 6.07) is 22.4. The summed E-state index contributed by atoms with van der Waals surface area (Å²) in [5.41, 5.74) is 12.7. The van der Waals surface area contributed by atoms with Crippen molar-refractivity contribution in [1.82, 2.24) is 9.97 Å². The summed E-state index contributed by atoms with van der Waals surface area (Å²) in [5.74, 6) is 0. The van der Waals surface area contributed by atoms with E-state index in [9.17, 15) is 16.8 Å². The van der Waals surface area contributed by atoms with Gasteiger partial charge in [0.1, 0.15) is 9.73 Å². The number of aliphatic imine (C=N–C) groups is 2. The van der Waals surface area contributed by atoms with Gasteiger partial charge in [-0.05, 0) is 53.6 Å². The fourth-order valence-corrected chi connectivity index (χ4v) is 6.59. The number of nitrogens with zero attached hydrogens (tertiary/aromatic N) is 2. The van der Waals surface area contributed by atoms with Crippen molar-refractivity contribution in [2.45, 2.75) is 0 Å². The van der Waals surface area contributed by atoms with Crippen LogP contribution in [0.4, 0.5) is 0 Å². The normalized spacial score (nSPS) is 15.5. The molecule has 7 rings (SSSR count). The van der Waals surface area contributed by atoms with Crippen LogP contribution >= 0.6 is 0 Å². The summed E-state index contributed by atoms with van der Waals surface area (Å²) < 4.78 is 50.8. The minimum atomic E-state index is -2.71. The van der Waals surface area contributed by atoms with Gasteiger partial charge in [0.2, 0.25) is 20.6 Å². The maximum Gasteiger partial charge on any atom is 0.225 e. The number of hydrogen-bond acceptors (Lipinski definition) is 7. The molecule has 8 bridgehead atoms. The van der Waals surface area contributed by atoms with E-state index in [2.05, 4.69) is 20.0 Å². The third kappa shape index (κ3) is 4.56. The lowest BCUT2D eigenvalue weighted by Gasteiger charge is -2.09. The standard InChI is InChI=1S/C32H21N5O4S2/c33-29-21-13-15-24(35-21)31(42(38)39)23-12-11-20(34-23)17-26-27(18-7-3-1-4-8-18)28(19-9-5-2-6-10-19)30(37-26)32(43(40)41)25-16-14-22(29)36-25/h1-17,35,37H,33H2. The lowest BCUT2D eigenvalue weighted by atomic mass is 9.93. The van der Waals surface area contributed by atoms with Gasteiger partial charge in [0.15, 0.2) is 0 Å². The fourth-order valence-electron chi connectivity index (χ4n) is 5.40. The molecule has 0 amide bonds. The second-order valence-corrected chi connectivity index (χ2v) is 11.6. The second-order valence-electron chi connectivity index (χ2n) is 9.84. The van der Waals surface area contributed by atoms with Gasteiger partial charge in [-0.2, -0.15) is 16.8 Å². The maximum absolute atomic E-state index is 13.0. The topological polar surface area (TPSA) is 151 Å². The van der Waals surface area contributed by atoms with E-state index < -0.39 is 20.6 Å². The minimum Gasteiger partial charge on any atom is -0.395 e. The number of aromatic amines is 2. The van der Waals surface area contributed by atoms with Crippen LogP contribution in [-0.4, -0.2) is 48.0 Å². The lowest BCUT2D eigenvalue weighted by molar-refractivity contribution is 0.625. The van der Waals surface area contributed by atoms with Crippen LogP contribution in [0.15, 0.2) is 118 Å². The van der Waals surface area contributed by atoms with Gasteiger partial charge in [0.05, 0.1) is 45.6 Å². The molecule has 0 radical (unpaired) electrons. The molecule has 3 aliphatic heterocycles. The van der Waals surface area contributed by atoms with Crippen LogP contribution in [0.5, 0.6) is 0 Å². The Kier molecular flexibility index (Phi) is 6.38. The highest BCUT2D eigenvalue weighted by Gasteiger charge is 2.28. The smallest absolute Gasteiger partial charge is 0.225 e. The molecule has 4 aromatic rings. The van der Waals surface area contributed by atoms with Crippen LogP contribution < -0.4 is 5.73 Å². The highest BCUT2D eigenvalue weighted by atomic mass is 32.2. The van der Waals surface area contributed by atoms with Crippen molar-refractivity contribution in [3.05, 3.63) is 131 Å². The molecule has 0 saturated carbocycles. The van der Waals surface area contributed by atoms with Crippen molar-refractivity contribution in [1.29, 1.82) is 0 Å². The van der Waals surface area contributed by atoms with Gasteiger partial charge in [-0.1, -0.05) is 60.7 Å². The zero-order valence-corrected chi connectivity index (χ0v) is 23.9. The lowest BCUT2D eigenvalue weighted by Crippen LogP contribution is -2.15. The van der Waals surface area contributed by atoms with Crippen molar-refractivity contribution >= 4 is 53.5 Å². The molecule has 0 aliphatic carbocycles. The van der Waals surface area contributed by atoms with Gasteiger partial charge >= 0.3 is 0 Å². The monoisotopic (exact) mass is 603 g/mol. The zero-order valence-electron chi connectivity index (χ0n) is 22.2. The Morgan fingerprint density at radius 1 is 0.605 bits per heavy atom. The van der Waals surface area contributed by atoms with Crippen LogP contribution in [0, 0.1) is 0 Å². The summed E-state index contributed by atoms with van der Waals surface area (Å²) in [4.78, 5) is 15.6. The van der Waals surface area contributed by atoms with Crippen molar-refractivity contribution < 1.29 is 16.8 Å². The number of nitrogens with two attached hydrogens (primary N) is 1. The highest BCUT2D eigenvalue weighted by molar-refractivity contribution is 7.75. The van der Waals surface area contributed by atoms with Gasteiger partial charge < -0.3 is 15.7 Å². The molecule has 0 saturated heterocycles. The molecular formula is C32H21N5O4S2.